The molecule has 19 heavy (non-hydrogen) atoms. The molecule has 0 saturated heterocycles. The van der Waals surface area contributed by atoms with Crippen LogP contribution >= 0.6 is 0 Å². The fourth-order valence-electron chi connectivity index (χ4n) is 1.26. The number of hydrogen-bond acceptors (Lipinski definition) is 3. The summed E-state index contributed by atoms with van der Waals surface area (Å²) < 4.78 is 0. The zero-order valence-electron chi connectivity index (χ0n) is 11.3. The Morgan fingerprint density at radius 2 is 1.74 bits per heavy atom. The van der Waals surface area contributed by atoms with E-state index >= 15 is 0 Å². The maximum Gasteiger partial charge on any atom is 0.240 e. The van der Waals surface area contributed by atoms with E-state index in [1.54, 1.807) is 12.1 Å². The van der Waals surface area contributed by atoms with Crippen LogP contribution in [0.3, 0.4) is 0 Å². The summed E-state index contributed by atoms with van der Waals surface area (Å²) in [5.41, 5.74) is 4.00. The molecule has 1 aromatic rings. The Morgan fingerprint density at radius 1 is 1.11 bits per heavy atom. The third kappa shape index (κ3) is 6.35. The highest BCUT2D eigenvalue weighted by Crippen LogP contribution is 2.05. The molecule has 1 aromatic carbocycles. The first-order valence-corrected chi connectivity index (χ1v) is 6.28. The average molecular weight is 261 g/mol. The van der Waals surface area contributed by atoms with Crippen molar-refractivity contribution >= 4 is 23.2 Å². The zero-order chi connectivity index (χ0) is 14.1. The van der Waals surface area contributed by atoms with Crippen LogP contribution in [0.2, 0.25) is 0 Å². The minimum atomic E-state index is -0.254. The summed E-state index contributed by atoms with van der Waals surface area (Å²) in [5.74, 6) is -0.437. The number of nitrogens with zero attached hydrogens (tertiary/aromatic N) is 1. The number of hydrazone groups is 1. The second-order valence-corrected chi connectivity index (χ2v) is 4.15. The van der Waals surface area contributed by atoms with Crippen LogP contribution in [0.1, 0.15) is 33.1 Å². The number of hydrogen-bond donors (Lipinski definition) is 2. The van der Waals surface area contributed by atoms with Gasteiger partial charge in [-0.1, -0.05) is 25.1 Å². The monoisotopic (exact) mass is 261 g/mol. The van der Waals surface area contributed by atoms with Gasteiger partial charge in [-0.3, -0.25) is 9.59 Å². The fourth-order valence-corrected chi connectivity index (χ4v) is 1.26. The molecule has 0 aromatic heterocycles. The lowest BCUT2D eigenvalue weighted by atomic mass is 10.2. The maximum atomic E-state index is 11.6. The van der Waals surface area contributed by atoms with Gasteiger partial charge in [0.1, 0.15) is 0 Å². The molecule has 0 radical (unpaired) electrons. The largest absolute Gasteiger partial charge is 0.326 e. The number of rotatable bonds is 6. The van der Waals surface area contributed by atoms with E-state index in [0.29, 0.717) is 0 Å². The predicted octanol–water partition coefficient (Wildman–Crippen LogP) is 2.31. The molecule has 102 valence electrons. The van der Waals surface area contributed by atoms with E-state index in [2.05, 4.69) is 15.8 Å². The van der Waals surface area contributed by atoms with Crippen molar-refractivity contribution in [1.82, 2.24) is 5.43 Å². The van der Waals surface area contributed by atoms with Crippen LogP contribution in [-0.2, 0) is 9.59 Å². The average Bonchev–Trinajstić information content (AvgIpc) is 2.43. The molecular formula is C14H19N3O2. The third-order valence-corrected chi connectivity index (χ3v) is 2.52. The summed E-state index contributed by atoms with van der Waals surface area (Å²) in [6, 6.07) is 9.14. The van der Waals surface area contributed by atoms with E-state index in [9.17, 15) is 9.59 Å². The molecule has 0 fully saturated rings. The molecule has 0 unspecified atom stereocenters. The van der Waals surface area contributed by atoms with E-state index in [0.717, 1.165) is 17.8 Å². The lowest BCUT2D eigenvalue weighted by Gasteiger charge is -2.04. The van der Waals surface area contributed by atoms with Crippen LogP contribution in [0.15, 0.2) is 35.4 Å². The van der Waals surface area contributed by atoms with Gasteiger partial charge in [0.15, 0.2) is 0 Å². The van der Waals surface area contributed by atoms with Gasteiger partial charge in [-0.05, 0) is 25.5 Å². The molecule has 0 atom stereocenters. The van der Waals surface area contributed by atoms with Crippen molar-refractivity contribution in [3.8, 4) is 0 Å². The fraction of sp³-hybridized carbons (Fsp3) is 0.357. The van der Waals surface area contributed by atoms with Crippen molar-refractivity contribution in [3.63, 3.8) is 0 Å². The number of nitrogens with one attached hydrogen (secondary N) is 2. The molecule has 2 N–H and O–H groups in total. The van der Waals surface area contributed by atoms with Crippen molar-refractivity contribution in [2.45, 2.75) is 33.1 Å². The molecule has 5 nitrogen and oxygen atoms in total. The smallest absolute Gasteiger partial charge is 0.240 e. The van der Waals surface area contributed by atoms with Crippen molar-refractivity contribution in [2.75, 3.05) is 5.32 Å². The number of carbonyl (C=O) groups excluding carboxylic acids is 2. The Hall–Kier alpha value is -2.17. The summed E-state index contributed by atoms with van der Waals surface area (Å²) in [6.45, 7) is 3.79. The standard InChI is InChI=1S/C14H19N3O2/c1-3-11(2)16-17-14(19)10-9-13(18)15-12-7-5-4-6-8-12/h4-8H,3,9-10H2,1-2H3,(H,15,18)(H,17,19)/b16-11+. The van der Waals surface area contributed by atoms with Crippen molar-refractivity contribution in [2.24, 2.45) is 5.10 Å². The Morgan fingerprint density at radius 3 is 2.37 bits per heavy atom. The van der Waals surface area contributed by atoms with Crippen molar-refractivity contribution in [3.05, 3.63) is 30.3 Å². The number of amides is 2. The van der Waals surface area contributed by atoms with Crippen molar-refractivity contribution in [1.29, 1.82) is 0 Å². The molecule has 0 bridgehead atoms. The van der Waals surface area contributed by atoms with E-state index in [1.165, 1.54) is 0 Å². The molecule has 0 saturated carbocycles. The summed E-state index contributed by atoms with van der Waals surface area (Å²) >= 11 is 0. The van der Waals surface area contributed by atoms with Gasteiger partial charge in [-0.2, -0.15) is 5.10 Å². The molecule has 0 aliphatic carbocycles. The lowest BCUT2D eigenvalue weighted by Crippen LogP contribution is -2.21. The topological polar surface area (TPSA) is 70.6 Å². The van der Waals surface area contributed by atoms with Crippen LogP contribution in [0.5, 0.6) is 0 Å². The highest BCUT2D eigenvalue weighted by atomic mass is 16.2. The highest BCUT2D eigenvalue weighted by Gasteiger charge is 2.06. The summed E-state index contributed by atoms with van der Waals surface area (Å²) in [6.07, 6.45) is 1.05. The van der Waals surface area contributed by atoms with Crippen molar-refractivity contribution < 1.29 is 9.59 Å². The minimum Gasteiger partial charge on any atom is -0.326 e. The Labute approximate surface area is 113 Å². The molecule has 5 heteroatoms. The minimum absolute atomic E-state index is 0.124. The van der Waals surface area contributed by atoms with Crippen LogP contribution in [0.4, 0.5) is 5.69 Å². The Balaban J connectivity index is 2.29. The summed E-state index contributed by atoms with van der Waals surface area (Å²) in [5, 5.41) is 6.61. The second kappa shape index (κ2) is 8.02. The quantitative estimate of drug-likeness (QED) is 0.609. The molecule has 2 amide bonds. The van der Waals surface area contributed by atoms with Gasteiger partial charge >= 0.3 is 0 Å². The second-order valence-electron chi connectivity index (χ2n) is 4.15. The number of para-hydroxylation sites is 1. The molecule has 0 heterocycles. The lowest BCUT2D eigenvalue weighted by molar-refractivity contribution is -0.124. The molecule has 0 aliphatic heterocycles. The van der Waals surface area contributed by atoms with E-state index in [-0.39, 0.29) is 24.7 Å². The van der Waals surface area contributed by atoms with E-state index < -0.39 is 0 Å². The normalized spacial score (nSPS) is 10.9. The predicted molar refractivity (Wildman–Crippen MR) is 75.8 cm³/mol. The van der Waals surface area contributed by atoms with E-state index in [1.807, 2.05) is 32.0 Å². The molecular weight excluding hydrogens is 242 g/mol. The first-order chi connectivity index (χ1) is 9.11. The molecule has 0 aliphatic rings. The first-order valence-electron chi connectivity index (χ1n) is 6.28. The van der Waals surface area contributed by atoms with Gasteiger partial charge in [-0.25, -0.2) is 5.43 Å². The van der Waals surface area contributed by atoms with Crippen LogP contribution < -0.4 is 10.7 Å². The van der Waals surface area contributed by atoms with Gasteiger partial charge in [0, 0.05) is 24.2 Å². The Kier molecular flexibility index (Phi) is 6.29. The van der Waals surface area contributed by atoms with Crippen LogP contribution in [0.25, 0.3) is 0 Å². The van der Waals surface area contributed by atoms with Crippen LogP contribution in [-0.4, -0.2) is 17.5 Å². The Bertz CT molecular complexity index is 455. The number of benzene rings is 1. The van der Waals surface area contributed by atoms with Gasteiger partial charge in [0.25, 0.3) is 0 Å². The molecule has 1 rings (SSSR count). The van der Waals surface area contributed by atoms with Gasteiger partial charge in [-0.15, -0.1) is 0 Å². The summed E-state index contributed by atoms with van der Waals surface area (Å²) in [7, 11) is 0. The highest BCUT2D eigenvalue weighted by molar-refractivity contribution is 5.93. The summed E-state index contributed by atoms with van der Waals surface area (Å²) in [4.78, 5) is 23.0. The first kappa shape index (κ1) is 14.9. The van der Waals surface area contributed by atoms with Gasteiger partial charge in [0.05, 0.1) is 0 Å². The van der Waals surface area contributed by atoms with E-state index in [4.69, 9.17) is 0 Å². The zero-order valence-corrected chi connectivity index (χ0v) is 11.3. The SMILES string of the molecule is CC/C(C)=N/NC(=O)CCC(=O)Nc1ccccc1. The van der Waals surface area contributed by atoms with Crippen LogP contribution in [0, 0.1) is 0 Å². The maximum absolute atomic E-state index is 11.6. The number of anilines is 1. The third-order valence-electron chi connectivity index (χ3n) is 2.52. The van der Waals surface area contributed by atoms with Gasteiger partial charge in [0.2, 0.25) is 11.8 Å². The number of carbonyl (C=O) groups is 2. The molecule has 0 spiro atoms. The van der Waals surface area contributed by atoms with Gasteiger partial charge < -0.3 is 5.32 Å².